The van der Waals surface area contributed by atoms with E-state index < -0.39 is 53.8 Å². The first-order valence-electron chi connectivity index (χ1n) is 19.1. The first-order valence-corrected chi connectivity index (χ1v) is 19.1. The number of nitrogens with two attached hydrogens (primary N) is 1. The summed E-state index contributed by atoms with van der Waals surface area (Å²) in [7, 11) is 0. The van der Waals surface area contributed by atoms with Crippen LogP contribution in [0.2, 0.25) is 0 Å². The highest BCUT2D eigenvalue weighted by Crippen LogP contribution is 2.38. The molecule has 312 valence electrons. The van der Waals surface area contributed by atoms with Gasteiger partial charge in [-0.15, -0.1) is 5.10 Å². The molecule has 6 aromatic rings. The fourth-order valence-corrected chi connectivity index (χ4v) is 6.28. The second-order valence-electron chi connectivity index (χ2n) is 14.4. The molecule has 1 heterocycles. The van der Waals surface area contributed by atoms with Crippen molar-refractivity contribution in [1.29, 1.82) is 0 Å². The number of aromatic hydroxyl groups is 1. The Bertz CT molecular complexity index is 2700. The maximum Gasteiger partial charge on any atom is 0.335 e. The molecule has 1 aromatic heterocycles. The molecule has 0 aliphatic rings. The minimum atomic E-state index is -1.22. The first-order chi connectivity index (χ1) is 29.7. The second kappa shape index (κ2) is 19.1. The number of nitrogens with one attached hydrogen (secondary N) is 2. The number of rotatable bonds is 17. The van der Waals surface area contributed by atoms with Crippen molar-refractivity contribution < 1.29 is 43.7 Å². The molecule has 16 heteroatoms. The van der Waals surface area contributed by atoms with E-state index >= 15 is 0 Å². The average molecular weight is 834 g/mol. The lowest BCUT2D eigenvalue weighted by atomic mass is 9.99. The van der Waals surface area contributed by atoms with Crippen LogP contribution >= 0.6 is 0 Å². The van der Waals surface area contributed by atoms with Crippen molar-refractivity contribution in [2.45, 2.75) is 45.3 Å². The molecule has 1 atom stereocenters. The van der Waals surface area contributed by atoms with Gasteiger partial charge in [-0.2, -0.15) is 0 Å². The Kier molecular flexibility index (Phi) is 13.3. The van der Waals surface area contributed by atoms with Crippen molar-refractivity contribution in [2.75, 3.05) is 5.32 Å². The monoisotopic (exact) mass is 833 g/mol. The smallest absolute Gasteiger partial charge is 0.335 e. The normalized spacial score (nSPS) is 11.3. The van der Waals surface area contributed by atoms with Crippen LogP contribution in [0, 0.1) is 6.57 Å². The number of carboxylic acid groups (broad SMARTS) is 1. The number of Topliss-reactive ketones (excluding diaryl/α,β-unsaturated/α-hetero) is 2. The molecule has 6 N–H and O–H groups in total. The van der Waals surface area contributed by atoms with Gasteiger partial charge in [0.15, 0.2) is 28.8 Å². The van der Waals surface area contributed by atoms with Crippen LogP contribution in [0.25, 0.3) is 21.8 Å². The van der Waals surface area contributed by atoms with Gasteiger partial charge in [-0.05, 0) is 73.5 Å². The SMILES string of the molecule is [C-]#[N+]c1ccc(C(=O)Nc2ccc(C(=O)N[C@@H](CC(N)=O)C(=O)Cc3ccc(-c4cn(-c5ccc(C(=O)Cc6ccc(C(=O)O)cc6)c(O)c5OC(C)C)nn4)cc3)cc2)cc1. The van der Waals surface area contributed by atoms with Crippen molar-refractivity contribution in [3.63, 3.8) is 0 Å². The second-order valence-corrected chi connectivity index (χ2v) is 14.4. The van der Waals surface area contributed by atoms with Crippen LogP contribution in [0.5, 0.6) is 11.5 Å². The van der Waals surface area contributed by atoms with E-state index in [4.69, 9.17) is 22.1 Å². The van der Waals surface area contributed by atoms with Gasteiger partial charge in [-0.1, -0.05) is 65.9 Å². The molecule has 0 radical (unpaired) electrons. The third kappa shape index (κ3) is 10.6. The molecular weight excluding hydrogens is 795 g/mol. The molecule has 0 aliphatic carbocycles. The van der Waals surface area contributed by atoms with Gasteiger partial charge in [0, 0.05) is 35.2 Å². The molecule has 0 saturated heterocycles. The lowest BCUT2D eigenvalue weighted by molar-refractivity contribution is -0.125. The zero-order chi connectivity index (χ0) is 44.5. The summed E-state index contributed by atoms with van der Waals surface area (Å²) >= 11 is 0. The van der Waals surface area contributed by atoms with Gasteiger partial charge < -0.3 is 31.3 Å². The van der Waals surface area contributed by atoms with E-state index in [1.165, 1.54) is 83.5 Å². The van der Waals surface area contributed by atoms with Crippen LogP contribution in [0.15, 0.2) is 115 Å². The predicted octanol–water partition coefficient (Wildman–Crippen LogP) is 6.14. The molecule has 0 aliphatic heterocycles. The number of ketones is 2. The van der Waals surface area contributed by atoms with Gasteiger partial charge in [-0.25, -0.2) is 14.3 Å². The number of aromatic carboxylic acids is 1. The van der Waals surface area contributed by atoms with Crippen LogP contribution in [-0.2, 0) is 22.4 Å². The van der Waals surface area contributed by atoms with Crippen LogP contribution in [0.3, 0.4) is 0 Å². The maximum absolute atomic E-state index is 13.4. The summed E-state index contributed by atoms with van der Waals surface area (Å²) in [6.07, 6.45) is 0.551. The summed E-state index contributed by atoms with van der Waals surface area (Å²) in [5.41, 5.74) is 9.37. The van der Waals surface area contributed by atoms with E-state index in [1.54, 1.807) is 50.4 Å². The van der Waals surface area contributed by atoms with Crippen molar-refractivity contribution in [3.05, 3.63) is 160 Å². The number of benzene rings is 5. The summed E-state index contributed by atoms with van der Waals surface area (Å²) in [5.74, 6) is -4.15. The zero-order valence-corrected chi connectivity index (χ0v) is 33.4. The molecule has 6 rings (SSSR count). The number of hydrogen-bond donors (Lipinski definition) is 5. The summed E-state index contributed by atoms with van der Waals surface area (Å²) in [5, 5.41) is 34.2. The highest BCUT2D eigenvalue weighted by Gasteiger charge is 2.25. The Morgan fingerprint density at radius 2 is 1.39 bits per heavy atom. The van der Waals surface area contributed by atoms with Crippen molar-refractivity contribution in [1.82, 2.24) is 20.3 Å². The number of aromatic nitrogens is 3. The largest absolute Gasteiger partial charge is 0.504 e. The minimum absolute atomic E-state index is 0.00823. The van der Waals surface area contributed by atoms with Gasteiger partial charge in [-0.3, -0.25) is 24.0 Å². The maximum atomic E-state index is 13.4. The van der Waals surface area contributed by atoms with E-state index in [1.807, 2.05) is 0 Å². The number of phenols is 1. The number of primary amides is 1. The Morgan fingerprint density at radius 3 is 2.00 bits per heavy atom. The molecular formula is C46H39N7O9. The van der Waals surface area contributed by atoms with Crippen molar-refractivity contribution in [2.24, 2.45) is 5.73 Å². The summed E-state index contributed by atoms with van der Waals surface area (Å²) in [6, 6.07) is 26.6. The standard InChI is InChI=1S/C46H39N7O9/c1-26(2)62-43-38(21-20-35(42(43)57)39(54)22-27-6-10-32(11-7-27)46(60)61)53-25-37(51-52-53)29-8-4-28(5-9-29)23-40(55)36(24-41(47)56)50-45(59)31-14-18-34(19-15-31)49-44(58)30-12-16-33(48-3)17-13-30/h4-21,25-26,36,57H,22-24H2,1-2H3,(H2,47,56)(H,49,58)(H,50,59)(H,60,61)/t36-/m0/s1. The van der Waals surface area contributed by atoms with Crippen molar-refractivity contribution >= 4 is 46.6 Å². The predicted molar refractivity (Wildman–Crippen MR) is 227 cm³/mol. The minimum Gasteiger partial charge on any atom is -0.504 e. The third-order valence-electron chi connectivity index (χ3n) is 9.46. The lowest BCUT2D eigenvalue weighted by Gasteiger charge is -2.17. The van der Waals surface area contributed by atoms with Gasteiger partial charge in [0.25, 0.3) is 11.8 Å². The van der Waals surface area contributed by atoms with E-state index in [0.717, 1.165) is 0 Å². The number of carbonyl (C=O) groups excluding carboxylic acids is 5. The van der Waals surface area contributed by atoms with Gasteiger partial charge in [0.1, 0.15) is 11.4 Å². The molecule has 0 spiro atoms. The summed E-state index contributed by atoms with van der Waals surface area (Å²) in [6.45, 7) is 10.6. The Morgan fingerprint density at radius 1 is 0.790 bits per heavy atom. The molecule has 5 aromatic carbocycles. The summed E-state index contributed by atoms with van der Waals surface area (Å²) in [4.78, 5) is 78.9. The van der Waals surface area contributed by atoms with Crippen LogP contribution in [-0.4, -0.2) is 72.6 Å². The Hall–Kier alpha value is -8.45. The Labute approximate surface area is 354 Å². The fraction of sp³-hybridized carbons (Fsp3) is 0.152. The highest BCUT2D eigenvalue weighted by atomic mass is 16.5. The molecule has 16 nitrogen and oxygen atoms in total. The zero-order valence-electron chi connectivity index (χ0n) is 33.4. The molecule has 62 heavy (non-hydrogen) atoms. The van der Waals surface area contributed by atoms with Gasteiger partial charge in [0.2, 0.25) is 5.91 Å². The van der Waals surface area contributed by atoms with E-state index in [2.05, 4.69) is 25.8 Å². The van der Waals surface area contributed by atoms with Crippen LogP contribution in [0.4, 0.5) is 11.4 Å². The number of nitrogens with zero attached hydrogens (tertiary/aromatic N) is 4. The molecule has 0 bridgehead atoms. The van der Waals surface area contributed by atoms with Gasteiger partial charge >= 0.3 is 5.97 Å². The number of phenolic OH excluding ortho intramolecular Hbond substituents is 1. The number of carboxylic acids is 1. The molecule has 0 saturated carbocycles. The van der Waals surface area contributed by atoms with E-state index in [0.29, 0.717) is 45.0 Å². The highest BCUT2D eigenvalue weighted by molar-refractivity contribution is 6.05. The quantitative estimate of drug-likeness (QED) is 0.0517. The molecule has 0 fully saturated rings. The topological polar surface area (TPSA) is 237 Å². The fourth-order valence-electron chi connectivity index (χ4n) is 6.28. The van der Waals surface area contributed by atoms with E-state index in [-0.39, 0.29) is 41.0 Å². The van der Waals surface area contributed by atoms with E-state index in [9.17, 15) is 33.9 Å². The van der Waals surface area contributed by atoms with Crippen LogP contribution < -0.4 is 21.1 Å². The van der Waals surface area contributed by atoms with Crippen molar-refractivity contribution in [3.8, 4) is 28.4 Å². The average Bonchev–Trinajstić information content (AvgIpc) is 3.74. The summed E-state index contributed by atoms with van der Waals surface area (Å²) < 4.78 is 7.34. The Balaban J connectivity index is 1.10. The third-order valence-corrected chi connectivity index (χ3v) is 9.46. The number of anilines is 1. The molecule has 3 amide bonds. The lowest BCUT2D eigenvalue weighted by Crippen LogP contribution is -2.44. The first kappa shape index (κ1) is 43.1. The van der Waals surface area contributed by atoms with Crippen LogP contribution in [0.1, 0.15) is 72.8 Å². The number of amides is 3. The van der Waals surface area contributed by atoms with Gasteiger partial charge in [0.05, 0.1) is 42.5 Å². The number of carbonyl (C=O) groups is 6. The molecule has 0 unspecified atom stereocenters. The number of ether oxygens (including phenoxy) is 1. The number of hydrogen-bond acceptors (Lipinski definition) is 10.